The smallest absolute Gasteiger partial charge is 0.164 e. The first-order valence-electron chi connectivity index (χ1n) is 19.5. The molecule has 1 atom stereocenters. The maximum atomic E-state index is 5.07. The van der Waals surface area contributed by atoms with Gasteiger partial charge in [-0.15, -0.1) is 0 Å². The molecule has 0 fully saturated rings. The number of benzene rings is 8. The van der Waals surface area contributed by atoms with Crippen molar-refractivity contribution in [1.29, 1.82) is 0 Å². The van der Waals surface area contributed by atoms with E-state index in [2.05, 4.69) is 144 Å². The van der Waals surface area contributed by atoms with Crippen LogP contribution in [0, 0.1) is 0 Å². The Hall–Kier alpha value is -7.43. The van der Waals surface area contributed by atoms with E-state index < -0.39 is 0 Å². The fourth-order valence-electron chi connectivity index (χ4n) is 8.69. The summed E-state index contributed by atoms with van der Waals surface area (Å²) >= 11 is 0. The number of aromatic nitrogens is 4. The van der Waals surface area contributed by atoms with Crippen LogP contribution in [0.25, 0.3) is 83.9 Å². The van der Waals surface area contributed by atoms with E-state index in [1.54, 1.807) is 0 Å². The minimum absolute atomic E-state index is 0.331. The van der Waals surface area contributed by atoms with E-state index in [1.807, 2.05) is 60.7 Å². The van der Waals surface area contributed by atoms with E-state index in [9.17, 15) is 0 Å². The lowest BCUT2D eigenvalue weighted by Gasteiger charge is -2.14. The first kappa shape index (κ1) is 33.0. The Balaban J connectivity index is 1.07. The molecule has 4 heteroatoms. The van der Waals surface area contributed by atoms with Crippen molar-refractivity contribution in [2.45, 2.75) is 12.3 Å². The molecule has 11 rings (SSSR count). The molecule has 1 aliphatic carbocycles. The second kappa shape index (κ2) is 13.7. The maximum Gasteiger partial charge on any atom is 0.164 e. The zero-order chi connectivity index (χ0) is 37.7. The fourth-order valence-corrected chi connectivity index (χ4v) is 8.69. The summed E-state index contributed by atoms with van der Waals surface area (Å²) in [7, 11) is 0. The van der Waals surface area contributed by atoms with Crippen molar-refractivity contribution < 1.29 is 0 Å². The molecule has 4 nitrogen and oxygen atoms in total. The minimum atomic E-state index is 0.331. The van der Waals surface area contributed by atoms with E-state index >= 15 is 0 Å². The first-order chi connectivity index (χ1) is 28.2. The average Bonchev–Trinajstić information content (AvgIpc) is 3.78. The van der Waals surface area contributed by atoms with Crippen LogP contribution in [0.15, 0.2) is 200 Å². The van der Waals surface area contributed by atoms with Crippen molar-refractivity contribution in [2.24, 2.45) is 0 Å². The monoisotopic (exact) mass is 728 g/mol. The summed E-state index contributed by atoms with van der Waals surface area (Å²) in [5.74, 6) is 2.27. The largest absolute Gasteiger partial charge is 0.309 e. The third-order valence-electron chi connectivity index (χ3n) is 11.4. The zero-order valence-electron chi connectivity index (χ0n) is 31.1. The van der Waals surface area contributed by atoms with Gasteiger partial charge in [-0.2, -0.15) is 0 Å². The van der Waals surface area contributed by atoms with Gasteiger partial charge in [0, 0.05) is 39.1 Å². The van der Waals surface area contributed by atoms with Crippen molar-refractivity contribution >= 4 is 21.8 Å². The van der Waals surface area contributed by atoms with Crippen LogP contribution in [0.5, 0.6) is 0 Å². The van der Waals surface area contributed by atoms with Crippen molar-refractivity contribution in [1.82, 2.24) is 19.5 Å². The van der Waals surface area contributed by atoms with Gasteiger partial charge in [0.05, 0.1) is 11.0 Å². The molecule has 0 N–H and O–H groups in total. The van der Waals surface area contributed by atoms with Gasteiger partial charge in [-0.3, -0.25) is 0 Å². The van der Waals surface area contributed by atoms with Crippen LogP contribution >= 0.6 is 0 Å². The summed E-state index contributed by atoms with van der Waals surface area (Å²) in [5, 5.41) is 2.32. The van der Waals surface area contributed by atoms with Gasteiger partial charge in [-0.25, -0.2) is 15.0 Å². The Morgan fingerprint density at radius 1 is 0.368 bits per heavy atom. The molecule has 0 saturated carbocycles. The third kappa shape index (κ3) is 5.82. The highest BCUT2D eigenvalue weighted by atomic mass is 15.0. The Kier molecular flexibility index (Phi) is 7.92. The van der Waals surface area contributed by atoms with Crippen LogP contribution < -0.4 is 0 Å². The van der Waals surface area contributed by atoms with E-state index in [-0.39, 0.29) is 0 Å². The molecule has 268 valence electrons. The van der Waals surface area contributed by atoms with Gasteiger partial charge in [0.1, 0.15) is 0 Å². The zero-order valence-corrected chi connectivity index (χ0v) is 31.1. The fraction of sp³-hybridized carbons (Fsp3) is 0.0377. The Labute approximate surface area is 331 Å². The van der Waals surface area contributed by atoms with Gasteiger partial charge in [-0.05, 0) is 93.9 Å². The number of nitrogens with zero attached hydrogens (tertiary/aromatic N) is 4. The van der Waals surface area contributed by atoms with Crippen molar-refractivity contribution in [3.63, 3.8) is 0 Å². The predicted octanol–water partition coefficient (Wildman–Crippen LogP) is 13.0. The molecule has 1 unspecified atom stereocenters. The van der Waals surface area contributed by atoms with Gasteiger partial charge in [-0.1, -0.05) is 152 Å². The normalized spacial score (nSPS) is 13.2. The van der Waals surface area contributed by atoms with E-state index in [4.69, 9.17) is 15.0 Å². The first-order valence-corrected chi connectivity index (χ1v) is 19.5. The van der Waals surface area contributed by atoms with Gasteiger partial charge in [0.15, 0.2) is 17.5 Å². The summed E-state index contributed by atoms with van der Waals surface area (Å²) < 4.78 is 2.36. The topological polar surface area (TPSA) is 43.6 Å². The van der Waals surface area contributed by atoms with Crippen LogP contribution in [0.3, 0.4) is 0 Å². The Morgan fingerprint density at radius 2 is 0.842 bits per heavy atom. The molecule has 0 saturated heterocycles. The molecule has 0 spiro atoms. The number of fused-ring (bicyclic) bond motifs is 6. The minimum Gasteiger partial charge on any atom is -0.309 e. The summed E-state index contributed by atoms with van der Waals surface area (Å²) in [4.78, 5) is 15.1. The van der Waals surface area contributed by atoms with Crippen LogP contribution in [0.1, 0.15) is 22.6 Å². The Morgan fingerprint density at radius 3 is 1.49 bits per heavy atom. The molecule has 10 aromatic rings. The molecule has 1 aliphatic rings. The number of hydrogen-bond acceptors (Lipinski definition) is 3. The third-order valence-corrected chi connectivity index (χ3v) is 11.4. The van der Waals surface area contributed by atoms with E-state index in [0.29, 0.717) is 23.4 Å². The molecule has 57 heavy (non-hydrogen) atoms. The number of rotatable bonds is 7. The van der Waals surface area contributed by atoms with E-state index in [1.165, 1.54) is 44.3 Å². The van der Waals surface area contributed by atoms with Gasteiger partial charge < -0.3 is 4.57 Å². The number of para-hydroxylation sites is 1. The highest BCUT2D eigenvalue weighted by Crippen LogP contribution is 2.48. The number of hydrogen-bond donors (Lipinski definition) is 0. The molecule has 8 aromatic carbocycles. The quantitative estimate of drug-likeness (QED) is 0.164. The lowest BCUT2D eigenvalue weighted by molar-refractivity contribution is 0.827. The lowest BCUT2D eigenvalue weighted by Crippen LogP contribution is -2.01. The summed E-state index contributed by atoms with van der Waals surface area (Å²) in [6.07, 6.45) is 0.984. The molecular formula is C53H36N4. The summed E-state index contributed by atoms with van der Waals surface area (Å²) in [6.45, 7) is 0. The molecule has 0 radical (unpaired) electrons. The SMILES string of the molecule is c1ccc(CC2c3ccccc3-c3cc(-c4ccc5c(c4)c4cc(-c6nc(-c7ccccc7)nc(-c7ccccc7)n6)ccc4n5-c4ccccc4)ccc32)cc1. The van der Waals surface area contributed by atoms with Crippen LogP contribution in [-0.2, 0) is 6.42 Å². The van der Waals surface area contributed by atoms with E-state index in [0.717, 1.165) is 45.2 Å². The maximum absolute atomic E-state index is 5.07. The summed E-state index contributed by atoms with van der Waals surface area (Å²) in [6, 6.07) is 71.3. The molecule has 2 heterocycles. The molecule has 2 aromatic heterocycles. The van der Waals surface area contributed by atoms with Gasteiger partial charge in [0.25, 0.3) is 0 Å². The highest BCUT2D eigenvalue weighted by Gasteiger charge is 2.29. The van der Waals surface area contributed by atoms with Crippen molar-refractivity contribution in [3.8, 4) is 62.1 Å². The lowest BCUT2D eigenvalue weighted by atomic mass is 9.89. The standard InChI is InChI=1S/C53H36N4/c1-5-15-35(16-6-1)31-45-42-23-13-14-24-43(42)46-32-38(25-28-44(45)46)39-26-29-49-47(33-39)48-34-40(27-30-50(48)57(49)41-21-11-4-12-22-41)53-55-51(36-17-7-2-8-18-36)54-52(56-53)37-19-9-3-10-20-37/h1-30,32-34,45H,31H2. The van der Waals surface area contributed by atoms with Gasteiger partial charge >= 0.3 is 0 Å². The second-order valence-electron chi connectivity index (χ2n) is 14.8. The van der Waals surface area contributed by atoms with Crippen molar-refractivity contribution in [2.75, 3.05) is 0 Å². The van der Waals surface area contributed by atoms with Crippen LogP contribution in [-0.4, -0.2) is 19.5 Å². The highest BCUT2D eigenvalue weighted by molar-refractivity contribution is 6.11. The van der Waals surface area contributed by atoms with Crippen LogP contribution in [0.2, 0.25) is 0 Å². The Bertz CT molecular complexity index is 3020. The second-order valence-corrected chi connectivity index (χ2v) is 14.8. The predicted molar refractivity (Wildman–Crippen MR) is 233 cm³/mol. The molecule has 0 aliphatic heterocycles. The molecule has 0 bridgehead atoms. The van der Waals surface area contributed by atoms with Crippen LogP contribution in [0.4, 0.5) is 0 Å². The molecule has 0 amide bonds. The average molecular weight is 729 g/mol. The van der Waals surface area contributed by atoms with Gasteiger partial charge in [0.2, 0.25) is 0 Å². The molecular weight excluding hydrogens is 693 g/mol. The summed E-state index contributed by atoms with van der Waals surface area (Å²) in [5.41, 5.74) is 15.5. The van der Waals surface area contributed by atoms with Crippen molar-refractivity contribution in [3.05, 3.63) is 217 Å².